The van der Waals surface area contributed by atoms with Crippen LogP contribution in [0.3, 0.4) is 0 Å². The van der Waals surface area contributed by atoms with Gasteiger partial charge in [0.25, 0.3) is 0 Å². The summed E-state index contributed by atoms with van der Waals surface area (Å²) in [5.74, 6) is 1.88. The first kappa shape index (κ1) is 31.5. The van der Waals surface area contributed by atoms with Crippen molar-refractivity contribution < 1.29 is 0 Å². The molecule has 3 heteroatoms. The van der Waals surface area contributed by atoms with Gasteiger partial charge in [0, 0.05) is 16.7 Å². The molecule has 1 heterocycles. The molecule has 0 saturated heterocycles. The molecule has 0 amide bonds. The molecule has 0 radical (unpaired) electrons. The molecule has 0 aliphatic heterocycles. The van der Waals surface area contributed by atoms with Gasteiger partial charge in [-0.3, -0.25) is 0 Å². The van der Waals surface area contributed by atoms with Crippen LogP contribution in [0, 0.1) is 0 Å². The summed E-state index contributed by atoms with van der Waals surface area (Å²) in [7, 11) is 0. The number of fused-ring (bicyclic) bond motifs is 6. The van der Waals surface area contributed by atoms with Crippen molar-refractivity contribution in [2.24, 2.45) is 0 Å². The van der Waals surface area contributed by atoms with Gasteiger partial charge in [0.15, 0.2) is 17.5 Å². The smallest absolute Gasteiger partial charge is 0.164 e. The molecule has 9 aromatic carbocycles. The number of nitrogens with zero attached hydrogens (tertiary/aromatic N) is 3. The Balaban J connectivity index is 1.21. The molecule has 1 aromatic heterocycles. The van der Waals surface area contributed by atoms with Crippen LogP contribution >= 0.6 is 0 Å². The predicted molar refractivity (Wildman–Crippen MR) is 225 cm³/mol. The molecule has 10 aromatic rings. The minimum Gasteiger partial charge on any atom is -0.208 e. The normalized spacial score (nSPS) is 11.3. The summed E-state index contributed by atoms with van der Waals surface area (Å²) in [4.78, 5) is 15.8. The Morgan fingerprint density at radius 3 is 1.19 bits per heavy atom. The average molecular weight is 688 g/mol. The summed E-state index contributed by atoms with van der Waals surface area (Å²) in [6.07, 6.45) is 0. The SMILES string of the molecule is c1ccc(-c2ccc(-c3nc(-c4ccc5c6ccccc6c6ccccc6c5c4)nc(-c4cc(-c5ccccc5)ccc4-c4ccccc4)n3)cc2)cc1. The Hall–Kier alpha value is -7.23. The van der Waals surface area contributed by atoms with Crippen LogP contribution in [-0.2, 0) is 0 Å². The second-order valence-electron chi connectivity index (χ2n) is 13.6. The van der Waals surface area contributed by atoms with Crippen molar-refractivity contribution in [2.75, 3.05) is 0 Å². The van der Waals surface area contributed by atoms with E-state index in [0.717, 1.165) is 44.5 Å². The van der Waals surface area contributed by atoms with Crippen LogP contribution in [0.2, 0.25) is 0 Å². The lowest BCUT2D eigenvalue weighted by atomic mass is 9.93. The maximum Gasteiger partial charge on any atom is 0.164 e. The monoisotopic (exact) mass is 687 g/mol. The fourth-order valence-corrected chi connectivity index (χ4v) is 7.65. The number of benzene rings is 9. The van der Waals surface area contributed by atoms with Gasteiger partial charge in [-0.25, -0.2) is 15.0 Å². The minimum absolute atomic E-state index is 0.627. The molecular formula is C51H33N3. The summed E-state index contributed by atoms with van der Waals surface area (Å²) in [6.45, 7) is 0. The molecule has 3 nitrogen and oxygen atoms in total. The Bertz CT molecular complexity index is 2920. The number of hydrogen-bond donors (Lipinski definition) is 0. The summed E-state index contributed by atoms with van der Waals surface area (Å²) in [5, 5.41) is 7.32. The quantitative estimate of drug-likeness (QED) is 0.163. The fourth-order valence-electron chi connectivity index (χ4n) is 7.65. The lowest BCUT2D eigenvalue weighted by molar-refractivity contribution is 1.07. The summed E-state index contributed by atoms with van der Waals surface area (Å²) in [6, 6.07) is 70.5. The van der Waals surface area contributed by atoms with Gasteiger partial charge in [0.2, 0.25) is 0 Å². The van der Waals surface area contributed by atoms with Crippen LogP contribution in [0.1, 0.15) is 0 Å². The highest BCUT2D eigenvalue weighted by Crippen LogP contribution is 2.39. The van der Waals surface area contributed by atoms with E-state index in [2.05, 4.69) is 182 Å². The molecule has 0 aliphatic carbocycles. The summed E-state index contributed by atoms with van der Waals surface area (Å²) < 4.78 is 0. The fraction of sp³-hybridized carbons (Fsp3) is 0. The topological polar surface area (TPSA) is 38.7 Å². The number of rotatable bonds is 6. The lowest BCUT2D eigenvalue weighted by Crippen LogP contribution is -2.01. The van der Waals surface area contributed by atoms with Crippen molar-refractivity contribution in [1.82, 2.24) is 15.0 Å². The highest BCUT2D eigenvalue weighted by Gasteiger charge is 2.18. The zero-order valence-electron chi connectivity index (χ0n) is 29.4. The second kappa shape index (κ2) is 13.4. The van der Waals surface area contributed by atoms with Crippen LogP contribution in [-0.4, -0.2) is 15.0 Å². The molecule has 0 N–H and O–H groups in total. The molecule has 54 heavy (non-hydrogen) atoms. The largest absolute Gasteiger partial charge is 0.208 e. The zero-order chi connectivity index (χ0) is 35.8. The highest BCUT2D eigenvalue weighted by molar-refractivity contribution is 6.25. The van der Waals surface area contributed by atoms with Gasteiger partial charge in [-0.2, -0.15) is 0 Å². The molecule has 0 unspecified atom stereocenters. The molecule has 252 valence electrons. The molecule has 10 rings (SSSR count). The molecule has 0 bridgehead atoms. The molecule has 0 saturated carbocycles. The van der Waals surface area contributed by atoms with Crippen molar-refractivity contribution in [3.63, 3.8) is 0 Å². The highest BCUT2D eigenvalue weighted by atomic mass is 15.0. The van der Waals surface area contributed by atoms with E-state index in [0.29, 0.717) is 17.5 Å². The van der Waals surface area contributed by atoms with Gasteiger partial charge >= 0.3 is 0 Å². The first-order valence-corrected chi connectivity index (χ1v) is 18.3. The number of aromatic nitrogens is 3. The molecule has 0 fully saturated rings. The van der Waals surface area contributed by atoms with Crippen LogP contribution in [0.15, 0.2) is 200 Å². The van der Waals surface area contributed by atoms with E-state index in [4.69, 9.17) is 15.0 Å². The second-order valence-corrected chi connectivity index (χ2v) is 13.6. The Labute approximate surface area is 313 Å². The first-order chi connectivity index (χ1) is 26.8. The van der Waals surface area contributed by atoms with Gasteiger partial charge in [0.1, 0.15) is 0 Å². The maximum atomic E-state index is 5.31. The van der Waals surface area contributed by atoms with E-state index in [1.54, 1.807) is 0 Å². The van der Waals surface area contributed by atoms with Crippen LogP contribution in [0.5, 0.6) is 0 Å². The summed E-state index contributed by atoms with van der Waals surface area (Å²) >= 11 is 0. The van der Waals surface area contributed by atoms with E-state index in [1.165, 1.54) is 37.9 Å². The summed E-state index contributed by atoms with van der Waals surface area (Å²) in [5.41, 5.74) is 9.53. The molecular weight excluding hydrogens is 655 g/mol. The van der Waals surface area contributed by atoms with Crippen molar-refractivity contribution >= 4 is 32.3 Å². The standard InChI is InChI=1S/C51H33N3/c1-4-14-34(15-5-1)36-24-26-38(27-25-36)49-52-50(40-29-31-46-44-22-11-10-20-42(44)43-21-12-13-23-45(43)47(46)33-40)54-51(53-49)48-32-39(35-16-6-2-7-17-35)28-30-41(48)37-18-8-3-9-19-37/h1-33H. The van der Waals surface area contributed by atoms with E-state index in [1.807, 2.05) is 18.2 Å². The van der Waals surface area contributed by atoms with E-state index < -0.39 is 0 Å². The first-order valence-electron chi connectivity index (χ1n) is 18.3. The van der Waals surface area contributed by atoms with Gasteiger partial charge in [-0.1, -0.05) is 188 Å². The number of hydrogen-bond acceptors (Lipinski definition) is 3. The minimum atomic E-state index is 0.627. The van der Waals surface area contributed by atoms with Crippen molar-refractivity contribution in [1.29, 1.82) is 0 Å². The van der Waals surface area contributed by atoms with E-state index in [-0.39, 0.29) is 0 Å². The van der Waals surface area contributed by atoms with Gasteiger partial charge in [-0.05, 0) is 77.8 Å². The van der Waals surface area contributed by atoms with Crippen LogP contribution in [0.25, 0.3) is 99.9 Å². The predicted octanol–water partition coefficient (Wildman–Crippen LogP) is 13.3. The van der Waals surface area contributed by atoms with Gasteiger partial charge < -0.3 is 0 Å². The third kappa shape index (κ3) is 5.69. The maximum absolute atomic E-state index is 5.31. The van der Waals surface area contributed by atoms with Crippen LogP contribution < -0.4 is 0 Å². The van der Waals surface area contributed by atoms with E-state index in [9.17, 15) is 0 Å². The van der Waals surface area contributed by atoms with Crippen LogP contribution in [0.4, 0.5) is 0 Å². The zero-order valence-corrected chi connectivity index (χ0v) is 29.4. The Kier molecular flexibility index (Phi) is 7.81. The third-order valence-corrected chi connectivity index (χ3v) is 10.3. The average Bonchev–Trinajstić information content (AvgIpc) is 3.27. The van der Waals surface area contributed by atoms with Crippen molar-refractivity contribution in [2.45, 2.75) is 0 Å². The van der Waals surface area contributed by atoms with Crippen molar-refractivity contribution in [3.05, 3.63) is 200 Å². The molecule has 0 aliphatic rings. The van der Waals surface area contributed by atoms with Gasteiger partial charge in [-0.15, -0.1) is 0 Å². The molecule has 0 atom stereocenters. The Morgan fingerprint density at radius 1 is 0.204 bits per heavy atom. The molecule has 0 spiro atoms. The third-order valence-electron chi connectivity index (χ3n) is 10.3. The van der Waals surface area contributed by atoms with Gasteiger partial charge in [0.05, 0.1) is 0 Å². The lowest BCUT2D eigenvalue weighted by Gasteiger charge is -2.15. The Morgan fingerprint density at radius 2 is 0.593 bits per heavy atom. The van der Waals surface area contributed by atoms with E-state index >= 15 is 0 Å². The van der Waals surface area contributed by atoms with Crippen molar-refractivity contribution in [3.8, 4) is 67.5 Å².